The summed E-state index contributed by atoms with van der Waals surface area (Å²) in [5, 5.41) is 3.38. The summed E-state index contributed by atoms with van der Waals surface area (Å²) >= 11 is 0. The predicted octanol–water partition coefficient (Wildman–Crippen LogP) is 3.21. The molecule has 1 unspecified atom stereocenters. The van der Waals surface area contributed by atoms with Gasteiger partial charge in [0, 0.05) is 18.3 Å². The fourth-order valence-corrected chi connectivity index (χ4v) is 2.26. The molecule has 0 spiro atoms. The summed E-state index contributed by atoms with van der Waals surface area (Å²) in [7, 11) is 3.63. The van der Waals surface area contributed by atoms with Crippen LogP contribution in [0.15, 0.2) is 36.5 Å². The van der Waals surface area contributed by atoms with E-state index in [1.165, 1.54) is 22.3 Å². The molecule has 3 heteroatoms. The summed E-state index contributed by atoms with van der Waals surface area (Å²) in [5.41, 5.74) is 5.17. The number of benzene rings is 1. The van der Waals surface area contributed by atoms with Gasteiger partial charge in [-0.2, -0.15) is 0 Å². The number of nitrogens with one attached hydrogen (secondary N) is 1. The molecule has 0 saturated heterocycles. The molecule has 0 bridgehead atoms. The first-order chi connectivity index (χ1) is 9.63. The number of rotatable bonds is 5. The molecule has 1 atom stereocenters. The molecule has 2 aromatic rings. The second-order valence-electron chi connectivity index (χ2n) is 5.10. The topological polar surface area (TPSA) is 34.1 Å². The summed E-state index contributed by atoms with van der Waals surface area (Å²) in [5.74, 6) is 0.654. The van der Waals surface area contributed by atoms with Crippen molar-refractivity contribution in [1.82, 2.24) is 10.3 Å². The smallest absolute Gasteiger partial charge is 0.212 e. The molecule has 2 rings (SSSR count). The van der Waals surface area contributed by atoms with Crippen molar-refractivity contribution in [2.24, 2.45) is 0 Å². The Morgan fingerprint density at radius 1 is 1.15 bits per heavy atom. The minimum absolute atomic E-state index is 0.296. The standard InChI is InChI=1S/C17H22N2O/c1-12-5-7-15(9-13(12)2)16(18-3)10-14-6-8-17(20-4)19-11-14/h5-9,11,16,18H,10H2,1-4H3. The van der Waals surface area contributed by atoms with Gasteiger partial charge in [-0.3, -0.25) is 0 Å². The molecular formula is C17H22N2O. The Morgan fingerprint density at radius 2 is 1.95 bits per heavy atom. The molecular weight excluding hydrogens is 248 g/mol. The molecule has 0 aliphatic carbocycles. The zero-order valence-corrected chi connectivity index (χ0v) is 12.6. The maximum Gasteiger partial charge on any atom is 0.212 e. The van der Waals surface area contributed by atoms with Crippen molar-refractivity contribution in [2.45, 2.75) is 26.3 Å². The van der Waals surface area contributed by atoms with Crippen molar-refractivity contribution in [3.8, 4) is 5.88 Å². The molecule has 3 nitrogen and oxygen atoms in total. The Hall–Kier alpha value is -1.87. The Morgan fingerprint density at radius 3 is 2.50 bits per heavy atom. The largest absolute Gasteiger partial charge is 0.481 e. The molecule has 0 amide bonds. The number of likely N-dealkylation sites (N-methyl/N-ethyl adjacent to an activating group) is 1. The van der Waals surface area contributed by atoms with Crippen LogP contribution in [-0.4, -0.2) is 19.1 Å². The second kappa shape index (κ2) is 6.53. The lowest BCUT2D eigenvalue weighted by molar-refractivity contribution is 0.397. The highest BCUT2D eigenvalue weighted by atomic mass is 16.5. The number of ether oxygens (including phenoxy) is 1. The molecule has 0 aliphatic rings. The van der Waals surface area contributed by atoms with Gasteiger partial charge >= 0.3 is 0 Å². The van der Waals surface area contributed by atoms with Crippen LogP contribution in [0, 0.1) is 13.8 Å². The first-order valence-electron chi connectivity index (χ1n) is 6.87. The van der Waals surface area contributed by atoms with Gasteiger partial charge in [0.25, 0.3) is 0 Å². The lowest BCUT2D eigenvalue weighted by atomic mass is 9.97. The van der Waals surface area contributed by atoms with Gasteiger partial charge in [-0.15, -0.1) is 0 Å². The van der Waals surface area contributed by atoms with E-state index in [0.717, 1.165) is 6.42 Å². The third kappa shape index (κ3) is 3.36. The Balaban J connectivity index is 2.16. The van der Waals surface area contributed by atoms with Crippen LogP contribution in [0.2, 0.25) is 0 Å². The van der Waals surface area contributed by atoms with E-state index in [-0.39, 0.29) is 0 Å². The van der Waals surface area contributed by atoms with E-state index < -0.39 is 0 Å². The molecule has 0 aliphatic heterocycles. The fraction of sp³-hybridized carbons (Fsp3) is 0.353. The first-order valence-corrected chi connectivity index (χ1v) is 6.87. The van der Waals surface area contributed by atoms with Crippen LogP contribution in [0.25, 0.3) is 0 Å². The number of hydrogen-bond acceptors (Lipinski definition) is 3. The molecule has 1 N–H and O–H groups in total. The number of nitrogens with zero attached hydrogens (tertiary/aromatic N) is 1. The first kappa shape index (κ1) is 14.5. The number of aryl methyl sites for hydroxylation is 2. The SMILES string of the molecule is CNC(Cc1ccc(OC)nc1)c1ccc(C)c(C)c1. The van der Waals surface area contributed by atoms with Gasteiger partial charge in [-0.05, 0) is 49.6 Å². The van der Waals surface area contributed by atoms with Crippen LogP contribution in [-0.2, 0) is 6.42 Å². The lowest BCUT2D eigenvalue weighted by Crippen LogP contribution is -2.19. The minimum atomic E-state index is 0.296. The van der Waals surface area contributed by atoms with Crippen molar-refractivity contribution in [1.29, 1.82) is 0 Å². The second-order valence-corrected chi connectivity index (χ2v) is 5.10. The van der Waals surface area contributed by atoms with Crippen molar-refractivity contribution >= 4 is 0 Å². The van der Waals surface area contributed by atoms with Gasteiger partial charge in [-0.25, -0.2) is 4.98 Å². The fourth-order valence-electron chi connectivity index (χ4n) is 2.26. The normalized spacial score (nSPS) is 12.2. The van der Waals surface area contributed by atoms with Gasteiger partial charge < -0.3 is 10.1 Å². The minimum Gasteiger partial charge on any atom is -0.481 e. The Kier molecular flexibility index (Phi) is 4.74. The third-order valence-corrected chi connectivity index (χ3v) is 3.73. The van der Waals surface area contributed by atoms with E-state index >= 15 is 0 Å². The molecule has 1 aromatic heterocycles. The van der Waals surface area contributed by atoms with Gasteiger partial charge in [0.05, 0.1) is 7.11 Å². The zero-order valence-electron chi connectivity index (χ0n) is 12.6. The van der Waals surface area contributed by atoms with Gasteiger partial charge in [0.2, 0.25) is 5.88 Å². The van der Waals surface area contributed by atoms with E-state index in [4.69, 9.17) is 4.74 Å². The summed E-state index contributed by atoms with van der Waals surface area (Å²) in [6.07, 6.45) is 2.79. The van der Waals surface area contributed by atoms with Crippen molar-refractivity contribution in [2.75, 3.05) is 14.2 Å². The van der Waals surface area contributed by atoms with Crippen LogP contribution in [0.3, 0.4) is 0 Å². The van der Waals surface area contributed by atoms with Gasteiger partial charge in [0.15, 0.2) is 0 Å². The van der Waals surface area contributed by atoms with E-state index in [1.807, 2.05) is 19.3 Å². The number of hydrogen-bond donors (Lipinski definition) is 1. The number of pyridine rings is 1. The Labute approximate surface area is 121 Å². The number of aromatic nitrogens is 1. The monoisotopic (exact) mass is 270 g/mol. The van der Waals surface area contributed by atoms with Crippen LogP contribution in [0.1, 0.15) is 28.3 Å². The Bertz CT molecular complexity index is 564. The van der Waals surface area contributed by atoms with E-state index in [2.05, 4.69) is 48.4 Å². The maximum absolute atomic E-state index is 5.09. The number of methoxy groups -OCH3 is 1. The highest BCUT2D eigenvalue weighted by Gasteiger charge is 2.11. The molecule has 0 radical (unpaired) electrons. The molecule has 1 heterocycles. The summed E-state index contributed by atoms with van der Waals surface area (Å²) in [6.45, 7) is 4.29. The van der Waals surface area contributed by atoms with Crippen molar-refractivity contribution in [3.63, 3.8) is 0 Å². The summed E-state index contributed by atoms with van der Waals surface area (Å²) < 4.78 is 5.09. The van der Waals surface area contributed by atoms with Crippen LogP contribution in [0.4, 0.5) is 0 Å². The molecule has 1 aromatic carbocycles. The van der Waals surface area contributed by atoms with Gasteiger partial charge in [0.1, 0.15) is 0 Å². The average Bonchev–Trinajstić information content (AvgIpc) is 2.48. The highest BCUT2D eigenvalue weighted by Crippen LogP contribution is 2.21. The molecule has 20 heavy (non-hydrogen) atoms. The van der Waals surface area contributed by atoms with E-state index in [1.54, 1.807) is 7.11 Å². The van der Waals surface area contributed by atoms with E-state index in [9.17, 15) is 0 Å². The van der Waals surface area contributed by atoms with Crippen LogP contribution >= 0.6 is 0 Å². The van der Waals surface area contributed by atoms with Crippen LogP contribution < -0.4 is 10.1 Å². The highest BCUT2D eigenvalue weighted by molar-refractivity contribution is 5.32. The predicted molar refractivity (Wildman–Crippen MR) is 82.2 cm³/mol. The maximum atomic E-state index is 5.09. The van der Waals surface area contributed by atoms with Crippen LogP contribution in [0.5, 0.6) is 5.88 Å². The van der Waals surface area contributed by atoms with Gasteiger partial charge in [-0.1, -0.05) is 24.3 Å². The summed E-state index contributed by atoms with van der Waals surface area (Å²) in [4.78, 5) is 4.26. The third-order valence-electron chi connectivity index (χ3n) is 3.73. The quantitative estimate of drug-likeness (QED) is 0.906. The van der Waals surface area contributed by atoms with Crippen molar-refractivity contribution in [3.05, 3.63) is 58.8 Å². The van der Waals surface area contributed by atoms with Crippen molar-refractivity contribution < 1.29 is 4.74 Å². The molecule has 106 valence electrons. The summed E-state index contributed by atoms with van der Waals surface area (Å²) in [6, 6.07) is 10.9. The van der Waals surface area contributed by atoms with E-state index in [0.29, 0.717) is 11.9 Å². The molecule has 0 fully saturated rings. The lowest BCUT2D eigenvalue weighted by Gasteiger charge is -2.18. The zero-order chi connectivity index (χ0) is 14.5. The average molecular weight is 270 g/mol. The molecule has 0 saturated carbocycles.